The van der Waals surface area contributed by atoms with Crippen LogP contribution in [0.5, 0.6) is 0 Å². The van der Waals surface area contributed by atoms with Crippen LogP contribution in [-0.2, 0) is 4.74 Å². The zero-order chi connectivity index (χ0) is 15.9. The Hall–Kier alpha value is -1.56. The van der Waals surface area contributed by atoms with E-state index in [2.05, 4.69) is 15.3 Å². The Labute approximate surface area is 126 Å². The number of nitrogens with one attached hydrogen (secondary N) is 1. The number of aliphatic imine (C=N–C) groups is 1. The minimum Gasteiger partial charge on any atom is -0.394 e. The van der Waals surface area contributed by atoms with Gasteiger partial charge in [-0.2, -0.15) is 0 Å². The predicted octanol–water partition coefficient (Wildman–Crippen LogP) is -2.36. The van der Waals surface area contributed by atoms with Crippen molar-refractivity contribution >= 4 is 12.2 Å². The average Bonchev–Trinajstić information content (AvgIpc) is 3.05. The van der Waals surface area contributed by atoms with Crippen LogP contribution in [0.25, 0.3) is 0 Å². The summed E-state index contributed by atoms with van der Waals surface area (Å²) in [7, 11) is 1.74. The van der Waals surface area contributed by atoms with Crippen LogP contribution in [0, 0.1) is 0 Å². The molecule has 1 aromatic rings. The van der Waals surface area contributed by atoms with Crippen LogP contribution >= 0.6 is 0 Å². The third-order valence-electron chi connectivity index (χ3n) is 3.81. The highest BCUT2D eigenvalue weighted by Crippen LogP contribution is 2.37. The molecule has 10 nitrogen and oxygen atoms in total. The van der Waals surface area contributed by atoms with E-state index in [-0.39, 0.29) is 0 Å². The van der Waals surface area contributed by atoms with Crippen LogP contribution in [0.3, 0.4) is 0 Å². The van der Waals surface area contributed by atoms with Gasteiger partial charge in [-0.1, -0.05) is 0 Å². The quantitative estimate of drug-likeness (QED) is 0.416. The van der Waals surface area contributed by atoms with E-state index in [0.717, 1.165) is 0 Å². The van der Waals surface area contributed by atoms with Gasteiger partial charge >= 0.3 is 0 Å². The Bertz CT molecular complexity index is 564. The fraction of sp³-hybridized carbons (Fsp3) is 0.667. The van der Waals surface area contributed by atoms with Crippen LogP contribution in [0.15, 0.2) is 11.3 Å². The van der Waals surface area contributed by atoms with Crippen molar-refractivity contribution in [2.45, 2.75) is 30.8 Å². The number of hydrogen-bond donors (Lipinski definition) is 5. The Morgan fingerprint density at radius 1 is 1.32 bits per heavy atom. The summed E-state index contributed by atoms with van der Waals surface area (Å²) in [5.41, 5.74) is 0.329. The molecule has 3 heterocycles. The van der Waals surface area contributed by atoms with Crippen molar-refractivity contribution in [1.29, 1.82) is 0 Å². The van der Waals surface area contributed by atoms with Gasteiger partial charge in [0.15, 0.2) is 18.3 Å². The van der Waals surface area contributed by atoms with Gasteiger partial charge in [0.1, 0.15) is 24.0 Å². The fourth-order valence-corrected chi connectivity index (χ4v) is 2.64. The molecule has 0 amide bonds. The summed E-state index contributed by atoms with van der Waals surface area (Å²) < 4.78 is 6.89. The second kappa shape index (κ2) is 5.91. The molecule has 5 N–H and O–H groups in total. The van der Waals surface area contributed by atoms with Crippen molar-refractivity contribution in [3.8, 4) is 0 Å². The van der Waals surface area contributed by atoms with Crippen molar-refractivity contribution in [3.63, 3.8) is 0 Å². The molecule has 3 unspecified atom stereocenters. The highest BCUT2D eigenvalue weighted by molar-refractivity contribution is 5.65. The van der Waals surface area contributed by atoms with Gasteiger partial charge in [-0.3, -0.25) is 4.57 Å². The molecule has 0 bridgehead atoms. The molecule has 2 aliphatic rings. The van der Waals surface area contributed by atoms with Gasteiger partial charge in [-0.05, 0) is 7.05 Å². The minimum absolute atomic E-state index is 0.329. The average molecular weight is 313 g/mol. The van der Waals surface area contributed by atoms with Crippen LogP contribution in [-0.4, -0.2) is 79.9 Å². The monoisotopic (exact) mass is 313 g/mol. The number of hydrogen-bond acceptors (Lipinski definition) is 9. The summed E-state index contributed by atoms with van der Waals surface area (Å²) in [5.74, 6) is 0.342. The fourth-order valence-electron chi connectivity index (χ4n) is 2.64. The minimum atomic E-state index is -1.22. The van der Waals surface area contributed by atoms with Crippen LogP contribution < -0.4 is 5.32 Å². The van der Waals surface area contributed by atoms with E-state index in [1.54, 1.807) is 11.9 Å². The number of imidazole rings is 1. The molecule has 0 saturated carbocycles. The van der Waals surface area contributed by atoms with Crippen molar-refractivity contribution in [1.82, 2.24) is 19.8 Å². The van der Waals surface area contributed by atoms with Gasteiger partial charge in [-0.15, -0.1) is 0 Å². The molecular weight excluding hydrogens is 294 g/mol. The Balaban J connectivity index is 1.89. The Kier molecular flexibility index (Phi) is 4.12. The maximum atomic E-state index is 10.3. The number of aliphatic hydroxyl groups excluding tert-OH is 4. The summed E-state index contributed by atoms with van der Waals surface area (Å²) in [6.45, 7) is -0.0156. The highest BCUT2D eigenvalue weighted by atomic mass is 16.6. The molecule has 0 aromatic carbocycles. The molecule has 10 heteroatoms. The molecule has 0 radical (unpaired) electrons. The molecule has 0 spiro atoms. The first-order valence-corrected chi connectivity index (χ1v) is 6.90. The summed E-state index contributed by atoms with van der Waals surface area (Å²) in [6, 6.07) is 0. The topological polar surface area (TPSA) is 136 Å². The number of ether oxygens (including phenoxy) is 1. The van der Waals surface area contributed by atoms with Crippen LogP contribution in [0.2, 0.25) is 0 Å². The lowest BCUT2D eigenvalue weighted by Crippen LogP contribution is -2.36. The van der Waals surface area contributed by atoms with E-state index in [1.807, 2.05) is 0 Å². The zero-order valence-electron chi connectivity index (χ0n) is 11.9. The SMILES string of the molecule is CNCN1C=Nc2c(ncn2[C@@H]2O[C@H](CO)C(O)C2O)C1O. The van der Waals surface area contributed by atoms with Gasteiger partial charge in [0.05, 0.1) is 25.9 Å². The van der Waals surface area contributed by atoms with Crippen LogP contribution in [0.4, 0.5) is 5.82 Å². The molecule has 1 aromatic heterocycles. The van der Waals surface area contributed by atoms with E-state index in [1.165, 1.54) is 17.2 Å². The molecule has 2 aliphatic heterocycles. The Morgan fingerprint density at radius 2 is 2.09 bits per heavy atom. The maximum absolute atomic E-state index is 10.3. The molecule has 22 heavy (non-hydrogen) atoms. The van der Waals surface area contributed by atoms with Gasteiger partial charge in [0.2, 0.25) is 0 Å². The number of rotatable bonds is 4. The Morgan fingerprint density at radius 3 is 2.73 bits per heavy atom. The van der Waals surface area contributed by atoms with Crippen molar-refractivity contribution < 1.29 is 25.2 Å². The molecule has 122 valence electrons. The second-order valence-corrected chi connectivity index (χ2v) is 5.23. The highest BCUT2D eigenvalue weighted by Gasteiger charge is 2.44. The predicted molar refractivity (Wildman–Crippen MR) is 74.1 cm³/mol. The summed E-state index contributed by atoms with van der Waals surface area (Å²) in [6.07, 6.45) is -2.36. The lowest BCUT2D eigenvalue weighted by Gasteiger charge is -2.28. The number of nitrogens with zero attached hydrogens (tertiary/aromatic N) is 4. The molecule has 0 aliphatic carbocycles. The molecule has 1 saturated heterocycles. The number of aromatic nitrogens is 2. The maximum Gasteiger partial charge on any atom is 0.176 e. The van der Waals surface area contributed by atoms with Crippen molar-refractivity contribution in [2.24, 2.45) is 4.99 Å². The third-order valence-corrected chi connectivity index (χ3v) is 3.81. The molecular formula is C12H19N5O5. The number of fused-ring (bicyclic) bond motifs is 1. The standard InChI is InChI=1S/C12H19N5O5/c1-13-3-16-4-15-10-7(11(16)21)14-5-17(10)12-9(20)8(19)6(2-18)22-12/h4-6,8-9,11-13,18-21H,2-3H2,1H3/t6-,8?,9?,11?,12-/m1/s1. The second-order valence-electron chi connectivity index (χ2n) is 5.23. The van der Waals surface area contributed by atoms with E-state index < -0.39 is 37.4 Å². The molecule has 1 fully saturated rings. The van der Waals surface area contributed by atoms with E-state index in [0.29, 0.717) is 18.2 Å². The van der Waals surface area contributed by atoms with Gasteiger partial charge in [0, 0.05) is 0 Å². The largest absolute Gasteiger partial charge is 0.394 e. The normalized spacial score (nSPS) is 34.2. The first kappa shape index (κ1) is 15.3. The van der Waals surface area contributed by atoms with E-state index in [9.17, 15) is 15.3 Å². The first-order valence-electron chi connectivity index (χ1n) is 6.90. The van der Waals surface area contributed by atoms with Crippen LogP contribution in [0.1, 0.15) is 18.1 Å². The zero-order valence-corrected chi connectivity index (χ0v) is 11.9. The van der Waals surface area contributed by atoms with E-state index >= 15 is 0 Å². The van der Waals surface area contributed by atoms with Gasteiger partial charge < -0.3 is 35.4 Å². The molecule has 3 rings (SSSR count). The summed E-state index contributed by atoms with van der Waals surface area (Å²) in [5, 5.41) is 42.2. The summed E-state index contributed by atoms with van der Waals surface area (Å²) in [4.78, 5) is 9.90. The summed E-state index contributed by atoms with van der Waals surface area (Å²) >= 11 is 0. The van der Waals surface area contributed by atoms with Gasteiger partial charge in [0.25, 0.3) is 0 Å². The van der Waals surface area contributed by atoms with Crippen molar-refractivity contribution in [2.75, 3.05) is 20.3 Å². The smallest absolute Gasteiger partial charge is 0.176 e. The lowest BCUT2D eigenvalue weighted by atomic mass is 10.1. The van der Waals surface area contributed by atoms with Gasteiger partial charge in [-0.25, -0.2) is 9.98 Å². The molecule has 5 atom stereocenters. The third kappa shape index (κ3) is 2.29. The lowest BCUT2D eigenvalue weighted by molar-refractivity contribution is -0.0522. The first-order chi connectivity index (χ1) is 10.6. The van der Waals surface area contributed by atoms with E-state index in [4.69, 9.17) is 9.84 Å². The van der Waals surface area contributed by atoms with Crippen molar-refractivity contribution in [3.05, 3.63) is 12.0 Å². The number of aliphatic hydroxyl groups is 4.